The zero-order valence-electron chi connectivity index (χ0n) is 11.2. The molecule has 0 spiro atoms. The van der Waals surface area contributed by atoms with E-state index in [1.807, 2.05) is 24.3 Å². The second kappa shape index (κ2) is 9.21. The van der Waals surface area contributed by atoms with E-state index in [9.17, 15) is 4.79 Å². The molecule has 1 aromatic rings. The molecular weight excluding hydrogens is 344 g/mol. The van der Waals surface area contributed by atoms with Gasteiger partial charge in [-0.1, -0.05) is 15.9 Å². The molecule has 2 rings (SSSR count). The molecule has 6 heteroatoms. The highest BCUT2D eigenvalue weighted by molar-refractivity contribution is 9.10. The van der Waals surface area contributed by atoms with Crippen LogP contribution in [0.5, 0.6) is 5.75 Å². The van der Waals surface area contributed by atoms with Crippen molar-refractivity contribution in [1.82, 2.24) is 10.6 Å². The Kier molecular flexibility index (Phi) is 7.95. The summed E-state index contributed by atoms with van der Waals surface area (Å²) in [5.74, 6) is 1.35. The first-order chi connectivity index (χ1) is 9.24. The van der Waals surface area contributed by atoms with Crippen LogP contribution in [0.3, 0.4) is 0 Å². The lowest BCUT2D eigenvalue weighted by Gasteiger charge is -2.10. The van der Waals surface area contributed by atoms with Crippen molar-refractivity contribution < 1.29 is 9.53 Å². The molecule has 1 aliphatic heterocycles. The second-order valence-corrected chi connectivity index (χ2v) is 5.66. The number of benzene rings is 1. The average molecular weight is 364 g/mol. The second-order valence-electron chi connectivity index (χ2n) is 4.74. The van der Waals surface area contributed by atoms with E-state index in [4.69, 9.17) is 4.74 Å². The Labute approximate surface area is 134 Å². The number of rotatable bonds is 6. The number of ether oxygens (including phenoxy) is 1. The van der Waals surface area contributed by atoms with Crippen LogP contribution in [-0.4, -0.2) is 32.1 Å². The Morgan fingerprint density at radius 3 is 2.80 bits per heavy atom. The molecule has 0 saturated carbocycles. The third-order valence-electron chi connectivity index (χ3n) is 3.22. The van der Waals surface area contributed by atoms with E-state index in [0.717, 1.165) is 30.5 Å². The highest BCUT2D eigenvalue weighted by atomic mass is 79.9. The summed E-state index contributed by atoms with van der Waals surface area (Å²) in [6.07, 6.45) is 2.25. The topological polar surface area (TPSA) is 50.4 Å². The van der Waals surface area contributed by atoms with Crippen LogP contribution in [0, 0.1) is 5.92 Å². The summed E-state index contributed by atoms with van der Waals surface area (Å²) in [5.41, 5.74) is 0. The first-order valence-corrected chi connectivity index (χ1v) is 7.39. The monoisotopic (exact) mass is 362 g/mol. The van der Waals surface area contributed by atoms with Gasteiger partial charge in [0.2, 0.25) is 0 Å². The van der Waals surface area contributed by atoms with Gasteiger partial charge in [-0.3, -0.25) is 4.79 Å². The van der Waals surface area contributed by atoms with Crippen molar-refractivity contribution in [1.29, 1.82) is 0 Å². The summed E-state index contributed by atoms with van der Waals surface area (Å²) in [5, 5.41) is 6.21. The zero-order chi connectivity index (χ0) is 13.5. The molecule has 0 bridgehead atoms. The quantitative estimate of drug-likeness (QED) is 0.816. The van der Waals surface area contributed by atoms with Gasteiger partial charge in [-0.05, 0) is 56.1 Å². The first-order valence-electron chi connectivity index (χ1n) is 6.60. The molecular formula is C14H20BrClN2O2. The lowest BCUT2D eigenvalue weighted by molar-refractivity contribution is -0.123. The maximum atomic E-state index is 11.6. The summed E-state index contributed by atoms with van der Waals surface area (Å²) >= 11 is 3.35. The number of halogens is 2. The number of hydrogen-bond acceptors (Lipinski definition) is 3. The Morgan fingerprint density at radius 1 is 1.40 bits per heavy atom. The highest BCUT2D eigenvalue weighted by Crippen LogP contribution is 2.15. The smallest absolute Gasteiger partial charge is 0.257 e. The van der Waals surface area contributed by atoms with Gasteiger partial charge >= 0.3 is 0 Å². The first kappa shape index (κ1) is 17.3. The molecule has 1 heterocycles. The molecule has 1 amide bonds. The van der Waals surface area contributed by atoms with Crippen molar-refractivity contribution in [2.45, 2.75) is 12.8 Å². The van der Waals surface area contributed by atoms with Crippen molar-refractivity contribution >= 4 is 34.2 Å². The molecule has 0 aliphatic carbocycles. The molecule has 1 saturated heterocycles. The van der Waals surface area contributed by atoms with E-state index in [1.54, 1.807) is 0 Å². The van der Waals surface area contributed by atoms with E-state index in [0.29, 0.717) is 11.7 Å². The Morgan fingerprint density at radius 2 is 2.15 bits per heavy atom. The third-order valence-corrected chi connectivity index (χ3v) is 3.75. The zero-order valence-corrected chi connectivity index (χ0v) is 13.6. The summed E-state index contributed by atoms with van der Waals surface area (Å²) in [4.78, 5) is 11.6. The van der Waals surface area contributed by atoms with Crippen LogP contribution in [0.25, 0.3) is 0 Å². The van der Waals surface area contributed by atoms with Gasteiger partial charge in [0.1, 0.15) is 5.75 Å². The summed E-state index contributed by atoms with van der Waals surface area (Å²) < 4.78 is 6.39. The molecule has 2 N–H and O–H groups in total. The molecule has 112 valence electrons. The fourth-order valence-corrected chi connectivity index (χ4v) is 2.37. The number of hydrogen-bond donors (Lipinski definition) is 2. The standard InChI is InChI=1S/C14H19BrN2O2.ClH/c15-12-1-3-13(4-2-12)19-10-14(18)17-8-6-11-5-7-16-9-11;/h1-4,11,16H,5-10H2,(H,17,18);1H. The van der Waals surface area contributed by atoms with Crippen molar-refractivity contribution in [3.63, 3.8) is 0 Å². The van der Waals surface area contributed by atoms with Crippen LogP contribution in [0.15, 0.2) is 28.7 Å². The van der Waals surface area contributed by atoms with Crippen molar-refractivity contribution in [2.24, 2.45) is 5.92 Å². The highest BCUT2D eigenvalue weighted by Gasteiger charge is 2.14. The minimum absolute atomic E-state index is 0. The maximum absolute atomic E-state index is 11.6. The molecule has 20 heavy (non-hydrogen) atoms. The van der Waals surface area contributed by atoms with Crippen molar-refractivity contribution in [3.05, 3.63) is 28.7 Å². The van der Waals surface area contributed by atoms with Crippen LogP contribution >= 0.6 is 28.3 Å². The molecule has 0 aromatic heterocycles. The van der Waals surface area contributed by atoms with Gasteiger partial charge in [0, 0.05) is 11.0 Å². The molecule has 1 fully saturated rings. The summed E-state index contributed by atoms with van der Waals surface area (Å²) in [6, 6.07) is 7.45. The minimum Gasteiger partial charge on any atom is -0.484 e. The number of nitrogens with one attached hydrogen (secondary N) is 2. The lowest BCUT2D eigenvalue weighted by atomic mass is 10.1. The normalized spacial score (nSPS) is 17.4. The summed E-state index contributed by atoms with van der Waals surface area (Å²) in [6.45, 7) is 2.98. The molecule has 1 atom stereocenters. The number of carbonyl (C=O) groups is 1. The van der Waals surface area contributed by atoms with Gasteiger partial charge in [-0.15, -0.1) is 12.4 Å². The van der Waals surface area contributed by atoms with Crippen LogP contribution < -0.4 is 15.4 Å². The van der Waals surface area contributed by atoms with Crippen LogP contribution in [-0.2, 0) is 4.79 Å². The van der Waals surface area contributed by atoms with Crippen molar-refractivity contribution in [3.8, 4) is 5.75 Å². The fraction of sp³-hybridized carbons (Fsp3) is 0.500. The predicted octanol–water partition coefficient (Wildman–Crippen LogP) is 2.37. The maximum Gasteiger partial charge on any atom is 0.257 e. The molecule has 1 aliphatic rings. The van der Waals surface area contributed by atoms with E-state index in [1.165, 1.54) is 6.42 Å². The molecule has 1 unspecified atom stereocenters. The van der Waals surface area contributed by atoms with Gasteiger partial charge in [-0.25, -0.2) is 0 Å². The third kappa shape index (κ3) is 6.11. The Balaban J connectivity index is 0.00000200. The van der Waals surface area contributed by atoms with Crippen LogP contribution in [0.1, 0.15) is 12.8 Å². The SMILES string of the molecule is Cl.O=C(COc1ccc(Br)cc1)NCCC1CCNC1. The Hall–Kier alpha value is -0.780. The van der Waals surface area contributed by atoms with E-state index in [2.05, 4.69) is 26.6 Å². The molecule has 0 radical (unpaired) electrons. The van der Waals surface area contributed by atoms with Gasteiger partial charge in [0.25, 0.3) is 5.91 Å². The van der Waals surface area contributed by atoms with Gasteiger partial charge < -0.3 is 15.4 Å². The predicted molar refractivity (Wildman–Crippen MR) is 85.5 cm³/mol. The average Bonchev–Trinajstić information content (AvgIpc) is 2.91. The number of amides is 1. The summed E-state index contributed by atoms with van der Waals surface area (Å²) in [7, 11) is 0. The number of carbonyl (C=O) groups excluding carboxylic acids is 1. The van der Waals surface area contributed by atoms with Gasteiger partial charge in [-0.2, -0.15) is 0 Å². The fourth-order valence-electron chi connectivity index (χ4n) is 2.11. The Bertz CT molecular complexity index is 408. The van der Waals surface area contributed by atoms with E-state index < -0.39 is 0 Å². The van der Waals surface area contributed by atoms with E-state index in [-0.39, 0.29) is 24.9 Å². The molecule has 1 aromatic carbocycles. The van der Waals surface area contributed by atoms with E-state index >= 15 is 0 Å². The van der Waals surface area contributed by atoms with Gasteiger partial charge in [0.05, 0.1) is 0 Å². The van der Waals surface area contributed by atoms with Crippen LogP contribution in [0.2, 0.25) is 0 Å². The van der Waals surface area contributed by atoms with Crippen molar-refractivity contribution in [2.75, 3.05) is 26.2 Å². The largest absolute Gasteiger partial charge is 0.484 e. The lowest BCUT2D eigenvalue weighted by Crippen LogP contribution is -2.30. The molecule has 4 nitrogen and oxygen atoms in total. The minimum atomic E-state index is -0.0612. The van der Waals surface area contributed by atoms with Gasteiger partial charge in [0.15, 0.2) is 6.61 Å². The van der Waals surface area contributed by atoms with Crippen LogP contribution in [0.4, 0.5) is 0 Å².